The molecular formula is C10H19N3. The summed E-state index contributed by atoms with van der Waals surface area (Å²) in [4.78, 5) is 3.16. The summed E-state index contributed by atoms with van der Waals surface area (Å²) in [5.41, 5.74) is 6.85. The Balaban J connectivity index is 2.33. The van der Waals surface area contributed by atoms with Gasteiger partial charge in [0.15, 0.2) is 0 Å². The van der Waals surface area contributed by atoms with Crippen LogP contribution in [0.25, 0.3) is 0 Å². The average molecular weight is 181 g/mol. The highest BCUT2D eigenvalue weighted by molar-refractivity contribution is 5.03. The molecule has 0 radical (unpaired) electrons. The fraction of sp³-hybridized carbons (Fsp3) is 0.600. The van der Waals surface area contributed by atoms with Crippen LogP contribution in [-0.2, 0) is 6.54 Å². The Labute approximate surface area is 79.7 Å². The topological polar surface area (TPSA) is 53.8 Å². The van der Waals surface area contributed by atoms with Gasteiger partial charge in [-0.05, 0) is 38.9 Å². The summed E-state index contributed by atoms with van der Waals surface area (Å²) in [6, 6.07) is 4.08. The van der Waals surface area contributed by atoms with Gasteiger partial charge in [0.1, 0.15) is 0 Å². The molecule has 1 aromatic rings. The summed E-state index contributed by atoms with van der Waals surface area (Å²) in [5, 5.41) is 3.45. The van der Waals surface area contributed by atoms with Crippen molar-refractivity contribution >= 4 is 0 Å². The Hall–Kier alpha value is -0.800. The lowest BCUT2D eigenvalue weighted by Crippen LogP contribution is -2.40. The predicted molar refractivity (Wildman–Crippen MR) is 55.4 cm³/mol. The first kappa shape index (κ1) is 10.3. The molecule has 0 aliphatic carbocycles. The molecule has 0 aromatic carbocycles. The van der Waals surface area contributed by atoms with E-state index < -0.39 is 0 Å². The van der Waals surface area contributed by atoms with Gasteiger partial charge in [0.05, 0.1) is 0 Å². The first-order valence-corrected chi connectivity index (χ1v) is 4.71. The van der Waals surface area contributed by atoms with Crippen molar-refractivity contribution in [3.63, 3.8) is 0 Å². The molecule has 0 amide bonds. The lowest BCUT2D eigenvalue weighted by molar-refractivity contribution is 0.363. The molecule has 1 rings (SSSR count). The number of H-pyrrole nitrogens is 1. The van der Waals surface area contributed by atoms with E-state index in [9.17, 15) is 0 Å². The highest BCUT2D eigenvalue weighted by atomic mass is 15.0. The van der Waals surface area contributed by atoms with E-state index in [1.807, 2.05) is 12.3 Å². The van der Waals surface area contributed by atoms with Crippen molar-refractivity contribution in [1.29, 1.82) is 0 Å². The number of hydrogen-bond acceptors (Lipinski definition) is 2. The second-order valence-corrected chi connectivity index (χ2v) is 3.97. The maximum absolute atomic E-state index is 5.52. The molecule has 0 fully saturated rings. The van der Waals surface area contributed by atoms with Gasteiger partial charge >= 0.3 is 0 Å². The number of nitrogens with one attached hydrogen (secondary N) is 2. The van der Waals surface area contributed by atoms with E-state index >= 15 is 0 Å². The van der Waals surface area contributed by atoms with Crippen molar-refractivity contribution in [3.8, 4) is 0 Å². The lowest BCUT2D eigenvalue weighted by Gasteiger charge is -2.25. The van der Waals surface area contributed by atoms with Crippen molar-refractivity contribution < 1.29 is 0 Å². The molecule has 13 heavy (non-hydrogen) atoms. The molecule has 1 aromatic heterocycles. The fourth-order valence-electron chi connectivity index (χ4n) is 1.26. The Morgan fingerprint density at radius 3 is 2.85 bits per heavy atom. The molecule has 0 spiro atoms. The normalized spacial score (nSPS) is 11.9. The summed E-state index contributed by atoms with van der Waals surface area (Å²) < 4.78 is 0. The van der Waals surface area contributed by atoms with Crippen LogP contribution in [0.2, 0.25) is 0 Å². The van der Waals surface area contributed by atoms with Crippen molar-refractivity contribution in [1.82, 2.24) is 10.3 Å². The molecule has 0 aliphatic rings. The van der Waals surface area contributed by atoms with Gasteiger partial charge in [0, 0.05) is 24.0 Å². The van der Waals surface area contributed by atoms with Crippen molar-refractivity contribution in [2.45, 2.75) is 32.4 Å². The van der Waals surface area contributed by atoms with E-state index in [4.69, 9.17) is 5.73 Å². The highest BCUT2D eigenvalue weighted by Crippen LogP contribution is 2.07. The standard InChI is InChI=1S/C10H19N3/c1-10(2,5-6-11)13-8-9-4-3-7-12-9/h3-4,7,12-13H,5-6,8,11H2,1-2H3. The largest absolute Gasteiger partial charge is 0.364 e. The van der Waals surface area contributed by atoms with E-state index in [1.165, 1.54) is 5.69 Å². The molecule has 0 atom stereocenters. The van der Waals surface area contributed by atoms with Gasteiger partial charge in [-0.2, -0.15) is 0 Å². The highest BCUT2D eigenvalue weighted by Gasteiger charge is 2.15. The van der Waals surface area contributed by atoms with E-state index in [2.05, 4.69) is 30.2 Å². The van der Waals surface area contributed by atoms with Crippen LogP contribution in [0.4, 0.5) is 0 Å². The number of aromatic amines is 1. The monoisotopic (exact) mass is 181 g/mol. The first-order valence-electron chi connectivity index (χ1n) is 4.71. The fourth-order valence-corrected chi connectivity index (χ4v) is 1.26. The van der Waals surface area contributed by atoms with E-state index in [-0.39, 0.29) is 5.54 Å². The Morgan fingerprint density at radius 1 is 1.54 bits per heavy atom. The minimum absolute atomic E-state index is 0.125. The average Bonchev–Trinajstić information content (AvgIpc) is 2.52. The molecule has 74 valence electrons. The zero-order valence-electron chi connectivity index (χ0n) is 8.43. The SMILES string of the molecule is CC(C)(CCN)NCc1ccc[nH]1. The summed E-state index contributed by atoms with van der Waals surface area (Å²) in [7, 11) is 0. The van der Waals surface area contributed by atoms with Crippen LogP contribution in [0.15, 0.2) is 18.3 Å². The second kappa shape index (κ2) is 4.44. The first-order chi connectivity index (χ1) is 6.14. The van der Waals surface area contributed by atoms with E-state index in [1.54, 1.807) is 0 Å². The second-order valence-electron chi connectivity index (χ2n) is 3.97. The van der Waals surface area contributed by atoms with E-state index in [0.717, 1.165) is 19.5 Å². The maximum atomic E-state index is 5.52. The quantitative estimate of drug-likeness (QED) is 0.640. The molecule has 3 heteroatoms. The molecular weight excluding hydrogens is 162 g/mol. The molecule has 3 nitrogen and oxygen atoms in total. The third-order valence-corrected chi connectivity index (χ3v) is 2.19. The summed E-state index contributed by atoms with van der Waals surface area (Å²) in [6.07, 6.45) is 2.93. The smallest absolute Gasteiger partial charge is 0.0361 e. The van der Waals surface area contributed by atoms with E-state index in [0.29, 0.717) is 0 Å². The lowest BCUT2D eigenvalue weighted by atomic mass is 10.0. The van der Waals surface area contributed by atoms with Crippen LogP contribution >= 0.6 is 0 Å². The van der Waals surface area contributed by atoms with Crippen molar-refractivity contribution in [3.05, 3.63) is 24.0 Å². The third kappa shape index (κ3) is 3.61. The molecule has 0 saturated heterocycles. The number of aromatic nitrogens is 1. The van der Waals surface area contributed by atoms with Crippen LogP contribution in [0.3, 0.4) is 0 Å². The summed E-state index contributed by atoms with van der Waals surface area (Å²) in [5.74, 6) is 0. The van der Waals surface area contributed by atoms with Gasteiger partial charge in [0.2, 0.25) is 0 Å². The van der Waals surface area contributed by atoms with Crippen molar-refractivity contribution in [2.24, 2.45) is 5.73 Å². The molecule has 0 unspecified atom stereocenters. The van der Waals surface area contributed by atoms with Gasteiger partial charge < -0.3 is 16.0 Å². The minimum Gasteiger partial charge on any atom is -0.364 e. The Bertz CT molecular complexity index is 226. The van der Waals surface area contributed by atoms with Crippen LogP contribution in [-0.4, -0.2) is 17.1 Å². The third-order valence-electron chi connectivity index (χ3n) is 2.19. The van der Waals surface area contributed by atoms with Gasteiger partial charge in [-0.15, -0.1) is 0 Å². The minimum atomic E-state index is 0.125. The molecule has 0 saturated carbocycles. The molecule has 0 bridgehead atoms. The number of nitrogens with two attached hydrogens (primary N) is 1. The van der Waals surface area contributed by atoms with Gasteiger partial charge in [-0.1, -0.05) is 0 Å². The Morgan fingerprint density at radius 2 is 2.31 bits per heavy atom. The van der Waals surface area contributed by atoms with Crippen LogP contribution in [0.5, 0.6) is 0 Å². The number of rotatable bonds is 5. The van der Waals surface area contributed by atoms with Crippen molar-refractivity contribution in [2.75, 3.05) is 6.54 Å². The molecule has 0 aliphatic heterocycles. The predicted octanol–water partition coefficient (Wildman–Crippen LogP) is 1.23. The van der Waals surface area contributed by atoms with Crippen LogP contribution < -0.4 is 11.1 Å². The van der Waals surface area contributed by atoms with Crippen LogP contribution in [0.1, 0.15) is 26.0 Å². The zero-order valence-corrected chi connectivity index (χ0v) is 8.43. The van der Waals surface area contributed by atoms with Gasteiger partial charge in [-0.25, -0.2) is 0 Å². The molecule has 1 heterocycles. The maximum Gasteiger partial charge on any atom is 0.0361 e. The summed E-state index contributed by atoms with van der Waals surface area (Å²) in [6.45, 7) is 5.94. The summed E-state index contributed by atoms with van der Waals surface area (Å²) >= 11 is 0. The van der Waals surface area contributed by atoms with Gasteiger partial charge in [-0.3, -0.25) is 0 Å². The number of hydrogen-bond donors (Lipinski definition) is 3. The molecule has 4 N–H and O–H groups in total. The van der Waals surface area contributed by atoms with Crippen LogP contribution in [0, 0.1) is 0 Å². The zero-order chi connectivity index (χ0) is 9.73. The Kier molecular flexibility index (Phi) is 3.51. The van der Waals surface area contributed by atoms with Gasteiger partial charge in [0.25, 0.3) is 0 Å².